The number of nitro groups is 1. The molecule has 0 spiro atoms. The lowest BCUT2D eigenvalue weighted by molar-refractivity contribution is -0.387. The van der Waals surface area contributed by atoms with E-state index in [1.54, 1.807) is 0 Å². The first-order valence-corrected chi connectivity index (χ1v) is 8.19. The Hall–Kier alpha value is -1.71. The number of amidine groups is 1. The second-order valence-electron chi connectivity index (χ2n) is 4.92. The van der Waals surface area contributed by atoms with E-state index >= 15 is 0 Å². The van der Waals surface area contributed by atoms with Gasteiger partial charge in [0.15, 0.2) is 5.11 Å². The third kappa shape index (κ3) is 4.40. The molecule has 1 aliphatic rings. The first kappa shape index (κ1) is 17.6. The molecule has 0 unspecified atom stereocenters. The van der Waals surface area contributed by atoms with Gasteiger partial charge in [0.2, 0.25) is 0 Å². The molecule has 1 saturated heterocycles. The second kappa shape index (κ2) is 7.24. The Morgan fingerprint density at radius 3 is 2.87 bits per heavy atom. The molecule has 1 aromatic rings. The first-order chi connectivity index (χ1) is 10.8. The minimum atomic E-state index is -0.576. The molecule has 7 nitrogen and oxygen atoms in total. The van der Waals surface area contributed by atoms with Crippen molar-refractivity contribution in [1.82, 2.24) is 10.2 Å². The van der Waals surface area contributed by atoms with Crippen molar-refractivity contribution in [3.8, 4) is 0 Å². The summed E-state index contributed by atoms with van der Waals surface area (Å²) in [6.07, 6.45) is 0. The quantitative estimate of drug-likeness (QED) is 0.378. The van der Waals surface area contributed by atoms with Crippen molar-refractivity contribution in [3.63, 3.8) is 0 Å². The summed E-state index contributed by atoms with van der Waals surface area (Å²) in [7, 11) is 0. The molecule has 1 fully saturated rings. The number of carbonyl (C=O) groups is 1. The van der Waals surface area contributed by atoms with Gasteiger partial charge in [0.25, 0.3) is 10.9 Å². The lowest BCUT2D eigenvalue weighted by atomic mass is 10.3. The fourth-order valence-corrected chi connectivity index (χ4v) is 3.17. The maximum Gasteiger partial charge on any atom is 0.293 e. The van der Waals surface area contributed by atoms with E-state index in [-0.39, 0.29) is 33.3 Å². The molecule has 1 N–H and O–H groups in total. The summed E-state index contributed by atoms with van der Waals surface area (Å²) in [6.45, 7) is 4.05. The molecule has 23 heavy (non-hydrogen) atoms. The maximum absolute atomic E-state index is 12.4. The fraction of sp³-hybridized carbons (Fsp3) is 0.308. The summed E-state index contributed by atoms with van der Waals surface area (Å²) in [6, 6.07) is 4.22. The first-order valence-electron chi connectivity index (χ1n) is 6.59. The topological polar surface area (TPSA) is 87.8 Å². The number of nitrogens with zero attached hydrogens (tertiary/aromatic N) is 3. The van der Waals surface area contributed by atoms with Crippen LogP contribution in [0.25, 0.3) is 0 Å². The minimum Gasteiger partial charge on any atom is -0.319 e. The van der Waals surface area contributed by atoms with Crippen LogP contribution >= 0.6 is 35.6 Å². The van der Waals surface area contributed by atoms with Crippen LogP contribution in [0.4, 0.5) is 10.5 Å². The summed E-state index contributed by atoms with van der Waals surface area (Å²) < 4.78 is 0. The lowest BCUT2D eigenvalue weighted by Gasteiger charge is -2.12. The molecule has 0 saturated carbocycles. The largest absolute Gasteiger partial charge is 0.319 e. The van der Waals surface area contributed by atoms with Crippen LogP contribution in [-0.2, 0) is 0 Å². The maximum atomic E-state index is 12.4. The summed E-state index contributed by atoms with van der Waals surface area (Å²) in [4.78, 5) is 28.7. The van der Waals surface area contributed by atoms with Crippen LogP contribution in [0.1, 0.15) is 13.8 Å². The Morgan fingerprint density at radius 2 is 2.26 bits per heavy atom. The van der Waals surface area contributed by atoms with E-state index in [1.165, 1.54) is 23.1 Å². The lowest BCUT2D eigenvalue weighted by Crippen LogP contribution is -2.31. The van der Waals surface area contributed by atoms with Gasteiger partial charge in [-0.1, -0.05) is 11.6 Å². The minimum absolute atomic E-state index is 0.0698. The number of aliphatic imine (C=N–C) groups is 1. The third-order valence-corrected chi connectivity index (χ3v) is 4.27. The predicted octanol–water partition coefficient (Wildman–Crippen LogP) is 3.46. The molecule has 0 aromatic heterocycles. The molecule has 10 heteroatoms. The Labute approximate surface area is 147 Å². The number of hydrogen-bond acceptors (Lipinski definition) is 6. The molecule has 0 atom stereocenters. The highest BCUT2D eigenvalue weighted by Gasteiger charge is 2.30. The van der Waals surface area contributed by atoms with Crippen molar-refractivity contribution in [3.05, 3.63) is 33.3 Å². The second-order valence-corrected chi connectivity index (χ2v) is 6.74. The van der Waals surface area contributed by atoms with E-state index < -0.39 is 10.2 Å². The summed E-state index contributed by atoms with van der Waals surface area (Å²) in [5.74, 6) is 0.601. The number of benzene rings is 1. The summed E-state index contributed by atoms with van der Waals surface area (Å²) in [5.41, 5.74) is -0.218. The zero-order valence-corrected chi connectivity index (χ0v) is 14.7. The van der Waals surface area contributed by atoms with E-state index in [0.717, 1.165) is 11.8 Å². The average Bonchev–Trinajstić information content (AvgIpc) is 2.80. The van der Waals surface area contributed by atoms with Crippen LogP contribution in [0, 0.1) is 10.1 Å². The molecule has 2 rings (SSSR count). The van der Waals surface area contributed by atoms with Gasteiger partial charge in [-0.05, 0) is 50.0 Å². The number of hydrogen-bond donors (Lipinski definition) is 1. The summed E-state index contributed by atoms with van der Waals surface area (Å²) >= 11 is 11.6. The number of nitro benzene ring substituents is 1. The van der Waals surface area contributed by atoms with E-state index in [2.05, 4.69) is 10.3 Å². The molecule has 1 heterocycles. The van der Waals surface area contributed by atoms with Gasteiger partial charge in [-0.3, -0.25) is 24.8 Å². The Balaban J connectivity index is 2.17. The fourth-order valence-electron chi connectivity index (χ4n) is 1.85. The highest BCUT2D eigenvalue weighted by Crippen LogP contribution is 2.33. The van der Waals surface area contributed by atoms with E-state index in [1.807, 2.05) is 13.8 Å². The zero-order valence-electron chi connectivity index (χ0n) is 12.3. The number of amides is 1. The predicted molar refractivity (Wildman–Crippen MR) is 94.4 cm³/mol. The smallest absolute Gasteiger partial charge is 0.293 e. The number of halogens is 1. The van der Waals surface area contributed by atoms with Gasteiger partial charge in [0.1, 0.15) is 5.84 Å². The van der Waals surface area contributed by atoms with Gasteiger partial charge in [-0.25, -0.2) is 0 Å². The molecular weight excluding hydrogens is 360 g/mol. The van der Waals surface area contributed by atoms with Crippen molar-refractivity contribution in [2.45, 2.75) is 24.8 Å². The highest BCUT2D eigenvalue weighted by molar-refractivity contribution is 8.13. The Kier molecular flexibility index (Phi) is 5.55. The number of rotatable bonds is 3. The normalized spacial score (nSPS) is 16.1. The molecule has 1 aliphatic heterocycles. The Bertz CT molecular complexity index is 708. The van der Waals surface area contributed by atoms with Crippen LogP contribution in [0.15, 0.2) is 28.1 Å². The third-order valence-electron chi connectivity index (χ3n) is 2.75. The van der Waals surface area contributed by atoms with Crippen molar-refractivity contribution in [2.75, 3.05) is 6.54 Å². The van der Waals surface area contributed by atoms with E-state index in [9.17, 15) is 14.9 Å². The van der Waals surface area contributed by atoms with Crippen molar-refractivity contribution in [1.29, 1.82) is 0 Å². The van der Waals surface area contributed by atoms with Gasteiger partial charge in [-0.15, -0.1) is 0 Å². The van der Waals surface area contributed by atoms with Gasteiger partial charge >= 0.3 is 0 Å². The number of thioether (sulfide) groups is 1. The standard InChI is InChI=1S/C13H13ClN4O3S2/c1-7(2)15-11-6-17(12(22)16-11)13(19)23-10-4-3-8(14)5-9(10)18(20)21/h3-5,7H,6H2,1-2H3,(H,15,16,22). The molecule has 1 amide bonds. The van der Waals surface area contributed by atoms with Crippen LogP contribution in [-0.4, -0.2) is 38.6 Å². The number of carbonyl (C=O) groups excluding carboxylic acids is 1. The number of nitrogens with one attached hydrogen (secondary N) is 1. The van der Waals surface area contributed by atoms with Crippen LogP contribution in [0.5, 0.6) is 0 Å². The van der Waals surface area contributed by atoms with Crippen molar-refractivity contribution in [2.24, 2.45) is 4.99 Å². The Morgan fingerprint density at radius 1 is 1.57 bits per heavy atom. The zero-order chi connectivity index (χ0) is 17.1. The molecular formula is C13H13ClN4O3S2. The van der Waals surface area contributed by atoms with Gasteiger partial charge in [0, 0.05) is 17.1 Å². The molecule has 0 aliphatic carbocycles. The molecule has 122 valence electrons. The monoisotopic (exact) mass is 372 g/mol. The van der Waals surface area contributed by atoms with Crippen LogP contribution in [0.2, 0.25) is 5.02 Å². The van der Waals surface area contributed by atoms with Gasteiger partial charge in [-0.2, -0.15) is 0 Å². The molecule has 0 radical (unpaired) electrons. The van der Waals surface area contributed by atoms with E-state index in [4.69, 9.17) is 23.8 Å². The summed E-state index contributed by atoms with van der Waals surface area (Å²) in [5, 5.41) is 14.0. The van der Waals surface area contributed by atoms with Gasteiger partial charge < -0.3 is 5.32 Å². The molecule has 1 aromatic carbocycles. The molecule has 0 bridgehead atoms. The van der Waals surface area contributed by atoms with Crippen LogP contribution < -0.4 is 5.32 Å². The van der Waals surface area contributed by atoms with E-state index in [0.29, 0.717) is 5.84 Å². The van der Waals surface area contributed by atoms with Crippen molar-refractivity contribution < 1.29 is 9.72 Å². The average molecular weight is 373 g/mol. The highest BCUT2D eigenvalue weighted by atomic mass is 35.5. The van der Waals surface area contributed by atoms with Crippen LogP contribution in [0.3, 0.4) is 0 Å². The van der Waals surface area contributed by atoms with Gasteiger partial charge in [0.05, 0.1) is 16.4 Å². The van der Waals surface area contributed by atoms with Crippen molar-refractivity contribution >= 4 is 57.5 Å². The number of thiocarbonyl (C=S) groups is 1. The SMILES string of the molecule is CC(C)N=C1CN(C(=O)Sc2ccc(Cl)cc2[N+](=O)[O-])C(=S)N1.